The minimum absolute atomic E-state index is 0.118. The molecule has 0 radical (unpaired) electrons. The third-order valence-electron chi connectivity index (χ3n) is 6.76. The SMILES string of the molecule is Cc1nn(-c2ncccc2F)cc1CN1CCC2(CC1)OCCc1cc(F)sc12.O=C(O)C(O)C(O)C(=O)O. The predicted octanol–water partition coefficient (Wildman–Crippen LogP) is 1.86. The highest BCUT2D eigenvalue weighted by atomic mass is 32.1. The molecular formula is C25H28F2N4O7S. The largest absolute Gasteiger partial charge is 0.479 e. The van der Waals surface area contributed by atoms with E-state index in [1.807, 2.05) is 13.1 Å². The smallest absolute Gasteiger partial charge is 0.335 e. The van der Waals surface area contributed by atoms with Gasteiger partial charge in [-0.1, -0.05) is 0 Å². The Kier molecular flexibility index (Phi) is 8.71. The van der Waals surface area contributed by atoms with Crippen LogP contribution in [-0.4, -0.2) is 83.9 Å². The second kappa shape index (κ2) is 11.8. The van der Waals surface area contributed by atoms with Gasteiger partial charge >= 0.3 is 11.9 Å². The predicted molar refractivity (Wildman–Crippen MR) is 133 cm³/mol. The highest BCUT2D eigenvalue weighted by Gasteiger charge is 2.42. The van der Waals surface area contributed by atoms with Crippen LogP contribution in [0, 0.1) is 17.9 Å². The minimum Gasteiger partial charge on any atom is -0.479 e. The van der Waals surface area contributed by atoms with Crippen LogP contribution in [0.25, 0.3) is 5.82 Å². The second-order valence-electron chi connectivity index (χ2n) is 9.33. The number of aromatic nitrogens is 3. The lowest BCUT2D eigenvalue weighted by Gasteiger charge is -2.43. The van der Waals surface area contributed by atoms with Crippen LogP contribution in [0.1, 0.15) is 34.5 Å². The number of likely N-dealkylation sites (tertiary alicyclic amines) is 1. The molecular weight excluding hydrogens is 538 g/mol. The minimum atomic E-state index is -2.27. The quantitative estimate of drug-likeness (QED) is 0.347. The van der Waals surface area contributed by atoms with Crippen molar-refractivity contribution < 1.29 is 43.5 Å². The van der Waals surface area contributed by atoms with Crippen molar-refractivity contribution in [2.45, 2.75) is 50.5 Å². The van der Waals surface area contributed by atoms with Gasteiger partial charge in [0.1, 0.15) is 5.60 Å². The average Bonchev–Trinajstić information content (AvgIpc) is 3.47. The summed E-state index contributed by atoms with van der Waals surface area (Å²) in [4.78, 5) is 27.1. The van der Waals surface area contributed by atoms with Gasteiger partial charge in [0.2, 0.25) is 0 Å². The molecule has 5 heterocycles. The van der Waals surface area contributed by atoms with Gasteiger partial charge in [-0.05, 0) is 49.9 Å². The van der Waals surface area contributed by atoms with E-state index in [0.29, 0.717) is 6.61 Å². The Labute approximate surface area is 225 Å². The van der Waals surface area contributed by atoms with E-state index >= 15 is 0 Å². The molecule has 11 nitrogen and oxygen atoms in total. The number of carboxylic acids is 2. The summed E-state index contributed by atoms with van der Waals surface area (Å²) >= 11 is 1.24. The summed E-state index contributed by atoms with van der Waals surface area (Å²) in [6, 6.07) is 4.62. The molecule has 4 N–H and O–H groups in total. The number of carboxylic acid groups (broad SMARTS) is 2. The number of aliphatic hydroxyl groups excluding tert-OH is 2. The molecule has 0 aromatic carbocycles. The van der Waals surface area contributed by atoms with E-state index in [9.17, 15) is 18.4 Å². The van der Waals surface area contributed by atoms with Crippen LogP contribution in [-0.2, 0) is 32.9 Å². The maximum Gasteiger partial charge on any atom is 0.335 e. The van der Waals surface area contributed by atoms with E-state index in [-0.39, 0.29) is 16.5 Å². The van der Waals surface area contributed by atoms with E-state index in [0.717, 1.165) is 60.6 Å². The molecule has 1 saturated heterocycles. The number of aryl methyl sites for hydroxylation is 1. The number of fused-ring (bicyclic) bond motifs is 2. The number of thiophene rings is 1. The number of halogens is 2. The van der Waals surface area contributed by atoms with Crippen molar-refractivity contribution in [1.29, 1.82) is 0 Å². The number of nitrogens with zero attached hydrogens (tertiary/aromatic N) is 4. The van der Waals surface area contributed by atoms with Gasteiger partial charge in [-0.2, -0.15) is 9.49 Å². The fourth-order valence-corrected chi connectivity index (χ4v) is 5.79. The van der Waals surface area contributed by atoms with Crippen molar-refractivity contribution in [3.05, 3.63) is 63.2 Å². The summed E-state index contributed by atoms with van der Waals surface area (Å²) in [5.74, 6) is -3.72. The number of rotatable bonds is 6. The van der Waals surface area contributed by atoms with Crippen LogP contribution < -0.4 is 0 Å². The molecule has 0 saturated carbocycles. The van der Waals surface area contributed by atoms with E-state index in [4.69, 9.17) is 25.2 Å². The Balaban J connectivity index is 0.000000303. The third-order valence-corrected chi connectivity index (χ3v) is 7.91. The lowest BCUT2D eigenvalue weighted by atomic mass is 9.85. The van der Waals surface area contributed by atoms with Crippen molar-refractivity contribution in [2.24, 2.45) is 0 Å². The first-order chi connectivity index (χ1) is 18.5. The normalized spacial score (nSPS) is 18.1. The summed E-state index contributed by atoms with van der Waals surface area (Å²) < 4.78 is 35.5. The van der Waals surface area contributed by atoms with Crippen molar-refractivity contribution in [3.63, 3.8) is 0 Å². The molecule has 39 heavy (non-hydrogen) atoms. The van der Waals surface area contributed by atoms with Crippen molar-refractivity contribution in [2.75, 3.05) is 19.7 Å². The van der Waals surface area contributed by atoms with Crippen molar-refractivity contribution in [1.82, 2.24) is 19.7 Å². The highest BCUT2D eigenvalue weighted by Crippen LogP contribution is 2.45. The van der Waals surface area contributed by atoms with E-state index < -0.39 is 30.0 Å². The van der Waals surface area contributed by atoms with Crippen molar-refractivity contribution >= 4 is 23.3 Å². The van der Waals surface area contributed by atoms with Gasteiger partial charge in [0, 0.05) is 42.5 Å². The van der Waals surface area contributed by atoms with E-state index in [2.05, 4.69) is 15.0 Å². The van der Waals surface area contributed by atoms with Crippen LogP contribution in [0.5, 0.6) is 0 Å². The van der Waals surface area contributed by atoms with Gasteiger partial charge in [0.25, 0.3) is 0 Å². The van der Waals surface area contributed by atoms with E-state index in [1.54, 1.807) is 18.3 Å². The summed E-state index contributed by atoms with van der Waals surface area (Å²) in [6.07, 6.45) is 1.38. The van der Waals surface area contributed by atoms with Crippen LogP contribution >= 0.6 is 11.3 Å². The Morgan fingerprint density at radius 2 is 1.85 bits per heavy atom. The molecule has 2 atom stereocenters. The first-order valence-electron chi connectivity index (χ1n) is 12.1. The van der Waals surface area contributed by atoms with Gasteiger partial charge < -0.3 is 25.2 Å². The molecule has 0 bridgehead atoms. The number of carbonyl (C=O) groups is 2. The molecule has 1 spiro atoms. The zero-order valence-corrected chi connectivity index (χ0v) is 21.8. The molecule has 14 heteroatoms. The van der Waals surface area contributed by atoms with Crippen LogP contribution in [0.2, 0.25) is 0 Å². The van der Waals surface area contributed by atoms with Crippen LogP contribution in [0.4, 0.5) is 8.78 Å². The monoisotopic (exact) mass is 566 g/mol. The summed E-state index contributed by atoms with van der Waals surface area (Å²) in [5.41, 5.74) is 2.70. The summed E-state index contributed by atoms with van der Waals surface area (Å²) in [7, 11) is 0. The van der Waals surface area contributed by atoms with Crippen molar-refractivity contribution in [3.8, 4) is 5.82 Å². The number of ether oxygens (including phenoxy) is 1. The molecule has 3 aromatic rings. The Morgan fingerprint density at radius 3 is 2.46 bits per heavy atom. The Bertz CT molecular complexity index is 1320. The number of hydrogen-bond donors (Lipinski definition) is 4. The first-order valence-corrected chi connectivity index (χ1v) is 12.9. The topological polar surface area (TPSA) is 158 Å². The lowest BCUT2D eigenvalue weighted by Crippen LogP contribution is -2.45. The molecule has 0 aliphatic carbocycles. The van der Waals surface area contributed by atoms with Gasteiger partial charge in [0.05, 0.1) is 12.3 Å². The molecule has 2 aliphatic heterocycles. The molecule has 2 aliphatic rings. The molecule has 3 aromatic heterocycles. The molecule has 2 unspecified atom stereocenters. The molecule has 0 amide bonds. The fourth-order valence-electron chi connectivity index (χ4n) is 4.65. The number of hydrogen-bond acceptors (Lipinski definition) is 9. The molecule has 5 rings (SSSR count). The zero-order valence-electron chi connectivity index (χ0n) is 21.0. The second-order valence-corrected chi connectivity index (χ2v) is 10.3. The maximum atomic E-state index is 14.0. The fraction of sp³-hybridized carbons (Fsp3) is 0.440. The first kappa shape index (κ1) is 28.7. The van der Waals surface area contributed by atoms with Gasteiger partial charge in [0.15, 0.2) is 29.0 Å². The van der Waals surface area contributed by atoms with Crippen LogP contribution in [0.15, 0.2) is 30.6 Å². The number of pyridine rings is 1. The van der Waals surface area contributed by atoms with Crippen LogP contribution in [0.3, 0.4) is 0 Å². The maximum absolute atomic E-state index is 14.0. The number of piperidine rings is 1. The van der Waals surface area contributed by atoms with E-state index in [1.165, 1.54) is 22.1 Å². The zero-order chi connectivity index (χ0) is 28.3. The van der Waals surface area contributed by atoms with Gasteiger partial charge in [-0.15, -0.1) is 11.3 Å². The molecule has 1 fully saturated rings. The number of aliphatic hydroxyl groups is 2. The number of aliphatic carboxylic acids is 2. The standard InChI is InChI=1S/C21H22F2N4OS.C4H6O6/c1-14-16(13-27(25-14)20-17(22)3-2-7-24-20)12-26-8-5-21(6-9-26)19-15(4-10-28-21)11-18(23)29-19;5-1(3(7)8)2(6)4(9)10/h2-3,7,11,13H,4-6,8-10,12H2,1H3;1-2,5-6H,(H,7,8)(H,9,10). The Hall–Kier alpha value is -3.30. The molecule has 210 valence electrons. The summed E-state index contributed by atoms with van der Waals surface area (Å²) in [5, 5.41) is 36.9. The lowest BCUT2D eigenvalue weighted by molar-refractivity contribution is -0.165. The van der Waals surface area contributed by atoms with Gasteiger partial charge in [-0.3, -0.25) is 4.90 Å². The van der Waals surface area contributed by atoms with Gasteiger partial charge in [-0.25, -0.2) is 23.6 Å². The average molecular weight is 567 g/mol. The Morgan fingerprint density at radius 1 is 1.18 bits per heavy atom. The third kappa shape index (κ3) is 6.31. The highest BCUT2D eigenvalue weighted by molar-refractivity contribution is 7.10. The summed E-state index contributed by atoms with van der Waals surface area (Å²) in [6.45, 7) is 5.05.